The highest BCUT2D eigenvalue weighted by Crippen LogP contribution is 2.23. The van der Waals surface area contributed by atoms with E-state index in [0.29, 0.717) is 36.8 Å². The van der Waals surface area contributed by atoms with Crippen LogP contribution in [0.5, 0.6) is 5.88 Å². The molecule has 3 heterocycles. The molecular weight excluding hydrogens is 387 g/mol. The number of carbonyl (C=O) groups is 1. The van der Waals surface area contributed by atoms with Crippen molar-refractivity contribution >= 4 is 11.7 Å². The zero-order valence-corrected chi connectivity index (χ0v) is 17.1. The van der Waals surface area contributed by atoms with Gasteiger partial charge in [0, 0.05) is 45.7 Å². The van der Waals surface area contributed by atoms with E-state index in [2.05, 4.69) is 15.3 Å². The summed E-state index contributed by atoms with van der Waals surface area (Å²) < 4.78 is 20.6. The van der Waals surface area contributed by atoms with Crippen LogP contribution in [0.4, 0.5) is 10.2 Å². The highest BCUT2D eigenvalue weighted by Gasteiger charge is 2.30. The van der Waals surface area contributed by atoms with Gasteiger partial charge in [0.05, 0.1) is 12.2 Å². The van der Waals surface area contributed by atoms with E-state index in [9.17, 15) is 9.18 Å². The summed E-state index contributed by atoms with van der Waals surface area (Å²) >= 11 is 0. The number of likely N-dealkylation sites (tertiary alicyclic amines) is 1. The number of aromatic nitrogens is 4. The second kappa shape index (κ2) is 8.10. The molecular formula is C21H23FN6O2. The minimum atomic E-state index is -0.310. The molecule has 156 valence electrons. The fourth-order valence-electron chi connectivity index (χ4n) is 3.39. The number of aryl methyl sites for hydroxylation is 1. The molecule has 2 aromatic heterocycles. The average Bonchev–Trinajstić information content (AvgIpc) is 3.35. The predicted molar refractivity (Wildman–Crippen MR) is 110 cm³/mol. The van der Waals surface area contributed by atoms with Crippen molar-refractivity contribution in [1.82, 2.24) is 24.9 Å². The summed E-state index contributed by atoms with van der Waals surface area (Å²) in [5, 5.41) is 12.6. The van der Waals surface area contributed by atoms with Crippen molar-refractivity contribution in [2.45, 2.75) is 12.5 Å². The number of rotatable bonds is 5. The van der Waals surface area contributed by atoms with E-state index in [4.69, 9.17) is 4.74 Å². The van der Waals surface area contributed by atoms with Gasteiger partial charge in [-0.1, -0.05) is 0 Å². The van der Waals surface area contributed by atoms with Crippen LogP contribution < -0.4 is 9.64 Å². The van der Waals surface area contributed by atoms with Crippen LogP contribution in [0.2, 0.25) is 0 Å². The van der Waals surface area contributed by atoms with Crippen LogP contribution in [-0.4, -0.2) is 64.1 Å². The van der Waals surface area contributed by atoms with Gasteiger partial charge in [0.2, 0.25) is 5.88 Å². The largest absolute Gasteiger partial charge is 0.471 e. The smallest absolute Gasteiger partial charge is 0.272 e. The molecule has 1 aliphatic heterocycles. The van der Waals surface area contributed by atoms with E-state index < -0.39 is 0 Å². The van der Waals surface area contributed by atoms with Gasteiger partial charge in [-0.2, -0.15) is 5.10 Å². The number of amides is 1. The molecule has 3 aromatic rings. The molecule has 8 nitrogen and oxygen atoms in total. The number of hydrogen-bond donors (Lipinski definition) is 0. The van der Waals surface area contributed by atoms with Crippen LogP contribution in [0.1, 0.15) is 16.9 Å². The molecule has 1 saturated heterocycles. The van der Waals surface area contributed by atoms with Gasteiger partial charge >= 0.3 is 0 Å². The van der Waals surface area contributed by atoms with Gasteiger partial charge in [-0.05, 0) is 36.4 Å². The lowest BCUT2D eigenvalue weighted by molar-refractivity contribution is 0.0760. The monoisotopic (exact) mass is 410 g/mol. The second-order valence-corrected chi connectivity index (χ2v) is 7.45. The highest BCUT2D eigenvalue weighted by atomic mass is 19.1. The van der Waals surface area contributed by atoms with Gasteiger partial charge in [-0.15, -0.1) is 10.2 Å². The molecule has 0 N–H and O–H groups in total. The quantitative estimate of drug-likeness (QED) is 0.643. The summed E-state index contributed by atoms with van der Waals surface area (Å²) in [7, 11) is 5.52. The fraction of sp³-hybridized carbons (Fsp3) is 0.333. The van der Waals surface area contributed by atoms with E-state index >= 15 is 0 Å². The minimum Gasteiger partial charge on any atom is -0.471 e. The molecule has 1 aromatic carbocycles. The standard InChI is InChI=1S/C21H23FN6O2/c1-26(2)19-8-9-20(24-23-19)30-16-10-11-28(13-16)21(29)18-12-17(25-27(18)3)14-4-6-15(22)7-5-14/h4-9,12,16H,10-11,13H2,1-3H3. The second-order valence-electron chi connectivity index (χ2n) is 7.45. The minimum absolute atomic E-state index is 0.112. The summed E-state index contributed by atoms with van der Waals surface area (Å²) in [5.74, 6) is 0.770. The Hall–Kier alpha value is -3.49. The highest BCUT2D eigenvalue weighted by molar-refractivity contribution is 5.94. The van der Waals surface area contributed by atoms with Crippen LogP contribution >= 0.6 is 0 Å². The summed E-state index contributed by atoms with van der Waals surface area (Å²) in [5.41, 5.74) is 1.86. The number of carbonyl (C=O) groups excluding carboxylic acids is 1. The number of halogens is 1. The van der Waals surface area contributed by atoms with Crippen LogP contribution in [-0.2, 0) is 7.05 Å². The molecule has 1 aliphatic rings. The molecule has 0 radical (unpaired) electrons. The number of ether oxygens (including phenoxy) is 1. The van der Waals surface area contributed by atoms with Crippen molar-refractivity contribution < 1.29 is 13.9 Å². The third kappa shape index (κ3) is 4.10. The zero-order chi connectivity index (χ0) is 21.3. The Morgan fingerprint density at radius 2 is 1.93 bits per heavy atom. The van der Waals surface area contributed by atoms with Crippen LogP contribution in [0.3, 0.4) is 0 Å². The molecule has 0 bridgehead atoms. The molecule has 1 fully saturated rings. The van der Waals surface area contributed by atoms with E-state index in [1.54, 1.807) is 40.9 Å². The maximum Gasteiger partial charge on any atom is 0.272 e. The molecule has 0 saturated carbocycles. The molecule has 0 aliphatic carbocycles. The summed E-state index contributed by atoms with van der Waals surface area (Å²) in [6.07, 6.45) is 0.573. The summed E-state index contributed by atoms with van der Waals surface area (Å²) in [4.78, 5) is 16.6. The molecule has 1 unspecified atom stereocenters. The fourth-order valence-corrected chi connectivity index (χ4v) is 3.39. The molecule has 4 rings (SSSR count). The number of hydrogen-bond acceptors (Lipinski definition) is 6. The first-order valence-electron chi connectivity index (χ1n) is 9.67. The number of benzene rings is 1. The Bertz CT molecular complexity index is 1030. The third-order valence-electron chi connectivity index (χ3n) is 5.04. The first-order chi connectivity index (χ1) is 14.4. The number of anilines is 1. The molecule has 0 spiro atoms. The predicted octanol–water partition coefficient (Wildman–Crippen LogP) is 2.38. The maximum atomic E-state index is 13.2. The third-order valence-corrected chi connectivity index (χ3v) is 5.04. The van der Waals surface area contributed by atoms with Crippen molar-refractivity contribution in [3.05, 3.63) is 54.0 Å². The lowest BCUT2D eigenvalue weighted by atomic mass is 10.1. The van der Waals surface area contributed by atoms with E-state index in [0.717, 1.165) is 11.4 Å². The van der Waals surface area contributed by atoms with Gasteiger partial charge in [-0.3, -0.25) is 9.48 Å². The number of nitrogens with zero attached hydrogens (tertiary/aromatic N) is 6. The Morgan fingerprint density at radius 3 is 2.60 bits per heavy atom. The topological polar surface area (TPSA) is 76.4 Å². The SMILES string of the molecule is CN(C)c1ccc(OC2CCN(C(=O)c3cc(-c4ccc(F)cc4)nn3C)C2)nn1. The summed E-state index contributed by atoms with van der Waals surface area (Å²) in [6.45, 7) is 1.05. The first-order valence-corrected chi connectivity index (χ1v) is 9.67. The van der Waals surface area contributed by atoms with Gasteiger partial charge in [0.25, 0.3) is 5.91 Å². The van der Waals surface area contributed by atoms with E-state index in [1.807, 2.05) is 25.1 Å². The van der Waals surface area contributed by atoms with Crippen LogP contribution in [0, 0.1) is 5.82 Å². The molecule has 30 heavy (non-hydrogen) atoms. The Morgan fingerprint density at radius 1 is 1.17 bits per heavy atom. The van der Waals surface area contributed by atoms with E-state index in [1.165, 1.54) is 12.1 Å². The van der Waals surface area contributed by atoms with Crippen LogP contribution in [0.15, 0.2) is 42.5 Å². The van der Waals surface area contributed by atoms with Crippen molar-refractivity contribution in [3.63, 3.8) is 0 Å². The normalized spacial score (nSPS) is 16.0. The van der Waals surface area contributed by atoms with Crippen molar-refractivity contribution in [2.24, 2.45) is 7.05 Å². The summed E-state index contributed by atoms with van der Waals surface area (Å²) in [6, 6.07) is 11.4. The average molecular weight is 410 g/mol. The molecule has 1 atom stereocenters. The van der Waals surface area contributed by atoms with E-state index in [-0.39, 0.29) is 17.8 Å². The molecule has 9 heteroatoms. The van der Waals surface area contributed by atoms with Crippen molar-refractivity contribution in [3.8, 4) is 17.1 Å². The first kappa shape index (κ1) is 19.8. The van der Waals surface area contributed by atoms with Gasteiger partial charge in [0.15, 0.2) is 5.82 Å². The maximum absolute atomic E-state index is 13.2. The lowest BCUT2D eigenvalue weighted by Gasteiger charge is -2.17. The Balaban J connectivity index is 1.41. The van der Waals surface area contributed by atoms with Gasteiger partial charge < -0.3 is 14.5 Å². The lowest BCUT2D eigenvalue weighted by Crippen LogP contribution is -2.32. The Kier molecular flexibility index (Phi) is 5.35. The van der Waals surface area contributed by atoms with Gasteiger partial charge in [0.1, 0.15) is 17.6 Å². The Labute approximate surface area is 173 Å². The molecule has 1 amide bonds. The zero-order valence-electron chi connectivity index (χ0n) is 17.1. The van der Waals surface area contributed by atoms with Crippen molar-refractivity contribution in [2.75, 3.05) is 32.1 Å². The van der Waals surface area contributed by atoms with Crippen molar-refractivity contribution in [1.29, 1.82) is 0 Å². The van der Waals surface area contributed by atoms with Gasteiger partial charge in [-0.25, -0.2) is 4.39 Å². The van der Waals surface area contributed by atoms with Crippen LogP contribution in [0.25, 0.3) is 11.3 Å².